The van der Waals surface area contributed by atoms with Gasteiger partial charge in [-0.05, 0) is 50.7 Å². The number of rotatable bonds is 9. The van der Waals surface area contributed by atoms with Gasteiger partial charge in [0.25, 0.3) is 5.56 Å². The Hall–Kier alpha value is -2.64. The molecule has 0 unspecified atom stereocenters. The summed E-state index contributed by atoms with van der Waals surface area (Å²) in [7, 11) is 0. The number of carboxylic acid groups (broad SMARTS) is 1. The van der Waals surface area contributed by atoms with Crippen LogP contribution >= 0.6 is 0 Å². The van der Waals surface area contributed by atoms with Crippen molar-refractivity contribution in [1.82, 2.24) is 9.13 Å². The SMILES string of the molecule is O=C(O)CCCCCn1c(=O)c2cc(F)c(NC3CCCCC3)cc2n(C2CCCC2)c1=O. The van der Waals surface area contributed by atoms with E-state index >= 15 is 4.39 Å². The van der Waals surface area contributed by atoms with Crippen molar-refractivity contribution < 1.29 is 14.3 Å². The molecule has 33 heavy (non-hydrogen) atoms. The van der Waals surface area contributed by atoms with Gasteiger partial charge >= 0.3 is 11.7 Å². The highest BCUT2D eigenvalue weighted by atomic mass is 19.1. The standard InChI is InChI=1S/C25H34FN3O4/c26-20-15-19-22(16-21(20)27-17-9-3-1-4-10-17)29(18-11-6-7-12-18)25(33)28(24(19)32)14-8-2-5-13-23(30)31/h15-18,27H,1-14H2,(H,30,31). The van der Waals surface area contributed by atoms with Gasteiger partial charge in [0.15, 0.2) is 0 Å². The second-order valence-electron chi connectivity index (χ2n) is 9.58. The first-order chi connectivity index (χ1) is 16.0. The topological polar surface area (TPSA) is 93.3 Å². The lowest BCUT2D eigenvalue weighted by Crippen LogP contribution is -2.41. The van der Waals surface area contributed by atoms with E-state index in [-0.39, 0.29) is 36.1 Å². The summed E-state index contributed by atoms with van der Waals surface area (Å²) in [5.74, 6) is -1.32. The maximum atomic E-state index is 15.1. The summed E-state index contributed by atoms with van der Waals surface area (Å²) in [5, 5.41) is 12.4. The van der Waals surface area contributed by atoms with Crippen LogP contribution in [0.3, 0.4) is 0 Å². The molecule has 0 atom stereocenters. The lowest BCUT2D eigenvalue weighted by Gasteiger charge is -2.25. The van der Waals surface area contributed by atoms with Gasteiger partial charge in [-0.3, -0.25) is 18.7 Å². The monoisotopic (exact) mass is 459 g/mol. The number of anilines is 1. The molecule has 2 aliphatic rings. The Balaban J connectivity index is 1.71. The zero-order valence-electron chi connectivity index (χ0n) is 19.2. The highest BCUT2D eigenvalue weighted by molar-refractivity contribution is 5.82. The second-order valence-corrected chi connectivity index (χ2v) is 9.58. The second kappa shape index (κ2) is 10.5. The van der Waals surface area contributed by atoms with Crippen molar-refractivity contribution in [1.29, 1.82) is 0 Å². The van der Waals surface area contributed by atoms with E-state index in [0.717, 1.165) is 51.4 Å². The first-order valence-electron chi connectivity index (χ1n) is 12.4. The molecule has 2 aromatic rings. The van der Waals surface area contributed by atoms with E-state index in [0.29, 0.717) is 30.5 Å². The van der Waals surface area contributed by atoms with Gasteiger partial charge in [0.2, 0.25) is 0 Å². The summed E-state index contributed by atoms with van der Waals surface area (Å²) in [6, 6.07) is 3.17. The van der Waals surface area contributed by atoms with Crippen LogP contribution in [-0.4, -0.2) is 26.3 Å². The first-order valence-corrected chi connectivity index (χ1v) is 12.4. The minimum absolute atomic E-state index is 0.00634. The number of nitrogens with one attached hydrogen (secondary N) is 1. The first kappa shape index (κ1) is 23.5. The highest BCUT2D eigenvalue weighted by Crippen LogP contribution is 2.32. The van der Waals surface area contributed by atoms with E-state index in [1.54, 1.807) is 10.6 Å². The molecule has 2 saturated carbocycles. The number of hydrogen-bond donors (Lipinski definition) is 2. The van der Waals surface area contributed by atoms with Gasteiger partial charge in [-0.15, -0.1) is 0 Å². The smallest absolute Gasteiger partial charge is 0.331 e. The predicted molar refractivity (Wildman–Crippen MR) is 127 cm³/mol. The molecule has 7 nitrogen and oxygen atoms in total. The number of unbranched alkanes of at least 4 members (excludes halogenated alkanes) is 2. The number of fused-ring (bicyclic) bond motifs is 1. The van der Waals surface area contributed by atoms with E-state index in [1.807, 2.05) is 0 Å². The largest absolute Gasteiger partial charge is 0.481 e. The van der Waals surface area contributed by atoms with Crippen molar-refractivity contribution in [2.24, 2.45) is 0 Å². The third kappa shape index (κ3) is 5.31. The molecule has 1 heterocycles. The van der Waals surface area contributed by atoms with E-state index in [9.17, 15) is 14.4 Å². The molecule has 0 radical (unpaired) electrons. The molecule has 2 fully saturated rings. The molecular weight excluding hydrogens is 425 g/mol. The Bertz CT molecular complexity index is 1110. The van der Waals surface area contributed by atoms with Gasteiger partial charge in [0.1, 0.15) is 5.82 Å². The van der Waals surface area contributed by atoms with Crippen LogP contribution in [0.2, 0.25) is 0 Å². The molecule has 1 aromatic carbocycles. The fraction of sp³-hybridized carbons (Fsp3) is 0.640. The summed E-state index contributed by atoms with van der Waals surface area (Å²) in [6.45, 7) is 0.212. The zero-order chi connectivity index (χ0) is 23.4. The van der Waals surface area contributed by atoms with Crippen LogP contribution in [0.15, 0.2) is 21.7 Å². The average Bonchev–Trinajstić information content (AvgIpc) is 3.32. The number of nitrogens with zero attached hydrogens (tertiary/aromatic N) is 2. The van der Waals surface area contributed by atoms with Crippen LogP contribution in [0.1, 0.15) is 89.5 Å². The third-order valence-electron chi connectivity index (χ3n) is 7.18. The maximum absolute atomic E-state index is 15.1. The zero-order valence-corrected chi connectivity index (χ0v) is 19.2. The summed E-state index contributed by atoms with van der Waals surface area (Å²) >= 11 is 0. The number of aromatic nitrogens is 2. The molecule has 4 rings (SSSR count). The van der Waals surface area contributed by atoms with Crippen LogP contribution in [-0.2, 0) is 11.3 Å². The molecular formula is C25H34FN3O4. The Morgan fingerprint density at radius 1 is 1.00 bits per heavy atom. The number of benzene rings is 1. The van der Waals surface area contributed by atoms with Crippen LogP contribution < -0.4 is 16.6 Å². The van der Waals surface area contributed by atoms with Crippen LogP contribution in [0.25, 0.3) is 10.9 Å². The summed E-state index contributed by atoms with van der Waals surface area (Å²) in [5.41, 5.74) is 0.0727. The van der Waals surface area contributed by atoms with Crippen molar-refractivity contribution in [2.45, 2.75) is 102 Å². The summed E-state index contributed by atoms with van der Waals surface area (Å²) in [6.07, 6.45) is 10.9. The average molecular weight is 460 g/mol. The Morgan fingerprint density at radius 2 is 1.70 bits per heavy atom. The molecule has 1 aromatic heterocycles. The molecule has 2 N–H and O–H groups in total. The summed E-state index contributed by atoms with van der Waals surface area (Å²) < 4.78 is 18.0. The molecule has 0 amide bonds. The van der Waals surface area contributed by atoms with E-state index in [2.05, 4.69) is 5.32 Å². The van der Waals surface area contributed by atoms with Gasteiger partial charge in [0.05, 0.1) is 16.6 Å². The van der Waals surface area contributed by atoms with Crippen molar-refractivity contribution in [3.05, 3.63) is 38.8 Å². The molecule has 180 valence electrons. The van der Waals surface area contributed by atoms with Crippen molar-refractivity contribution in [2.75, 3.05) is 5.32 Å². The number of aliphatic carboxylic acids is 1. The number of carboxylic acids is 1. The molecule has 0 saturated heterocycles. The van der Waals surface area contributed by atoms with Crippen molar-refractivity contribution in [3.63, 3.8) is 0 Å². The lowest BCUT2D eigenvalue weighted by molar-refractivity contribution is -0.137. The van der Waals surface area contributed by atoms with Crippen LogP contribution in [0.5, 0.6) is 0 Å². The molecule has 2 aliphatic carbocycles. The molecule has 0 aliphatic heterocycles. The maximum Gasteiger partial charge on any atom is 0.331 e. The van der Waals surface area contributed by atoms with Crippen LogP contribution in [0, 0.1) is 5.82 Å². The Morgan fingerprint density at radius 3 is 2.39 bits per heavy atom. The Labute approximate surface area is 192 Å². The number of hydrogen-bond acceptors (Lipinski definition) is 4. The van der Waals surface area contributed by atoms with Gasteiger partial charge in [0, 0.05) is 25.0 Å². The minimum Gasteiger partial charge on any atom is -0.481 e. The molecule has 0 spiro atoms. The van der Waals surface area contributed by atoms with Crippen molar-refractivity contribution in [3.8, 4) is 0 Å². The molecule has 8 heteroatoms. The summed E-state index contributed by atoms with van der Waals surface area (Å²) in [4.78, 5) is 37.4. The van der Waals surface area contributed by atoms with Gasteiger partial charge in [-0.2, -0.15) is 0 Å². The van der Waals surface area contributed by atoms with Crippen molar-refractivity contribution >= 4 is 22.6 Å². The Kier molecular flexibility index (Phi) is 7.50. The quantitative estimate of drug-likeness (QED) is 0.525. The number of carbonyl (C=O) groups is 1. The fourth-order valence-electron chi connectivity index (χ4n) is 5.41. The van der Waals surface area contributed by atoms with Gasteiger partial charge < -0.3 is 10.4 Å². The minimum atomic E-state index is -0.852. The number of halogens is 1. The van der Waals surface area contributed by atoms with Crippen LogP contribution in [0.4, 0.5) is 10.1 Å². The van der Waals surface area contributed by atoms with Gasteiger partial charge in [-0.1, -0.05) is 38.5 Å². The fourth-order valence-corrected chi connectivity index (χ4v) is 5.41. The normalized spacial score (nSPS) is 17.6. The van der Waals surface area contributed by atoms with E-state index in [4.69, 9.17) is 5.11 Å². The highest BCUT2D eigenvalue weighted by Gasteiger charge is 2.25. The third-order valence-corrected chi connectivity index (χ3v) is 7.18. The van der Waals surface area contributed by atoms with E-state index < -0.39 is 17.3 Å². The lowest BCUT2D eigenvalue weighted by atomic mass is 9.95. The van der Waals surface area contributed by atoms with Gasteiger partial charge in [-0.25, -0.2) is 9.18 Å². The predicted octanol–water partition coefficient (Wildman–Crippen LogP) is 4.81. The molecule has 0 bridgehead atoms. The van der Waals surface area contributed by atoms with E-state index in [1.165, 1.54) is 17.1 Å².